The molecular weight excluding hydrogens is 302 g/mol. The minimum atomic E-state index is 0.621. The molecule has 0 spiro atoms. The van der Waals surface area contributed by atoms with Crippen LogP contribution in [0, 0.1) is 0 Å². The minimum Gasteiger partial charge on any atom is -0.493 e. The van der Waals surface area contributed by atoms with Gasteiger partial charge >= 0.3 is 0 Å². The number of fused-ring (bicyclic) bond motifs is 1. The molecule has 0 radical (unpaired) electrons. The number of ether oxygens (including phenoxy) is 1. The van der Waals surface area contributed by atoms with Crippen molar-refractivity contribution in [1.82, 2.24) is 5.32 Å². The second-order valence-corrected chi connectivity index (χ2v) is 6.17. The Morgan fingerprint density at radius 1 is 1.37 bits per heavy atom. The predicted octanol–water partition coefficient (Wildman–Crippen LogP) is 4.09. The van der Waals surface area contributed by atoms with E-state index in [4.69, 9.17) is 4.74 Å². The van der Waals surface area contributed by atoms with Gasteiger partial charge in [-0.25, -0.2) is 0 Å². The average Bonchev–Trinajstić information content (AvgIpc) is 2.86. The van der Waals surface area contributed by atoms with Crippen molar-refractivity contribution in [2.24, 2.45) is 0 Å². The molecule has 1 aliphatic heterocycles. The Bertz CT molecular complexity index is 419. The monoisotopic (exact) mass is 325 g/mol. The number of nitrogens with one attached hydrogen (secondary N) is 1. The SMILES string of the molecule is CCCNC(CC)CCc1cc(Br)cc2c1OCC2. The molecule has 1 aliphatic rings. The largest absolute Gasteiger partial charge is 0.493 e. The summed E-state index contributed by atoms with van der Waals surface area (Å²) in [5.41, 5.74) is 2.72. The van der Waals surface area contributed by atoms with Crippen LogP contribution >= 0.6 is 15.9 Å². The first kappa shape index (κ1) is 14.9. The fraction of sp³-hybridized carbons (Fsp3) is 0.625. The Balaban J connectivity index is 1.99. The van der Waals surface area contributed by atoms with Gasteiger partial charge in [0.1, 0.15) is 5.75 Å². The van der Waals surface area contributed by atoms with Crippen molar-refractivity contribution in [3.8, 4) is 5.75 Å². The van der Waals surface area contributed by atoms with Gasteiger partial charge in [0.2, 0.25) is 0 Å². The average molecular weight is 326 g/mol. The first-order valence-electron chi connectivity index (χ1n) is 7.42. The topological polar surface area (TPSA) is 21.3 Å². The Morgan fingerprint density at radius 3 is 2.95 bits per heavy atom. The molecule has 0 saturated carbocycles. The fourth-order valence-electron chi connectivity index (χ4n) is 2.66. The lowest BCUT2D eigenvalue weighted by molar-refractivity contribution is 0.352. The molecular formula is C16H24BrNO. The van der Waals surface area contributed by atoms with Gasteiger partial charge in [0.25, 0.3) is 0 Å². The first-order chi connectivity index (χ1) is 9.24. The molecule has 0 aromatic heterocycles. The molecule has 3 heteroatoms. The molecule has 2 nitrogen and oxygen atoms in total. The Morgan fingerprint density at radius 2 is 2.21 bits per heavy atom. The number of aryl methyl sites for hydroxylation is 1. The summed E-state index contributed by atoms with van der Waals surface area (Å²) in [6.07, 6.45) is 5.72. The van der Waals surface area contributed by atoms with Crippen LogP contribution in [-0.4, -0.2) is 19.2 Å². The van der Waals surface area contributed by atoms with Crippen molar-refractivity contribution in [1.29, 1.82) is 0 Å². The van der Waals surface area contributed by atoms with Crippen LogP contribution in [0.1, 0.15) is 44.2 Å². The second-order valence-electron chi connectivity index (χ2n) is 5.25. The molecule has 1 aromatic rings. The Hall–Kier alpha value is -0.540. The highest BCUT2D eigenvalue weighted by molar-refractivity contribution is 9.10. The van der Waals surface area contributed by atoms with Crippen LogP contribution < -0.4 is 10.1 Å². The van der Waals surface area contributed by atoms with Gasteiger partial charge in [-0.15, -0.1) is 0 Å². The molecule has 106 valence electrons. The van der Waals surface area contributed by atoms with E-state index >= 15 is 0 Å². The van der Waals surface area contributed by atoms with E-state index in [1.807, 2.05) is 0 Å². The summed E-state index contributed by atoms with van der Waals surface area (Å²) in [7, 11) is 0. The summed E-state index contributed by atoms with van der Waals surface area (Å²) in [5.74, 6) is 1.15. The van der Waals surface area contributed by atoms with Crippen LogP contribution in [0.5, 0.6) is 5.75 Å². The molecule has 0 fully saturated rings. The second kappa shape index (κ2) is 7.30. The van der Waals surface area contributed by atoms with Crippen LogP contribution in [-0.2, 0) is 12.8 Å². The summed E-state index contributed by atoms with van der Waals surface area (Å²) < 4.78 is 6.97. The Kier molecular flexibility index (Phi) is 5.71. The van der Waals surface area contributed by atoms with Crippen molar-refractivity contribution >= 4 is 15.9 Å². The minimum absolute atomic E-state index is 0.621. The number of benzene rings is 1. The van der Waals surface area contributed by atoms with Crippen LogP contribution in [0.3, 0.4) is 0 Å². The molecule has 1 N–H and O–H groups in total. The van der Waals surface area contributed by atoms with Crippen LogP contribution in [0.25, 0.3) is 0 Å². The highest BCUT2D eigenvalue weighted by Crippen LogP contribution is 2.33. The van der Waals surface area contributed by atoms with E-state index in [1.165, 1.54) is 34.9 Å². The van der Waals surface area contributed by atoms with Crippen molar-refractivity contribution in [3.63, 3.8) is 0 Å². The number of rotatable bonds is 7. The van der Waals surface area contributed by atoms with E-state index in [9.17, 15) is 0 Å². The van der Waals surface area contributed by atoms with Gasteiger partial charge in [-0.3, -0.25) is 0 Å². The maximum atomic E-state index is 5.79. The number of hydrogen-bond acceptors (Lipinski definition) is 2. The third-order valence-electron chi connectivity index (χ3n) is 3.76. The lowest BCUT2D eigenvalue weighted by Gasteiger charge is -2.17. The van der Waals surface area contributed by atoms with Gasteiger partial charge in [-0.2, -0.15) is 0 Å². The zero-order valence-electron chi connectivity index (χ0n) is 12.0. The van der Waals surface area contributed by atoms with Crippen molar-refractivity contribution < 1.29 is 4.74 Å². The van der Waals surface area contributed by atoms with E-state index < -0.39 is 0 Å². The van der Waals surface area contributed by atoms with E-state index in [2.05, 4.69) is 47.2 Å². The number of hydrogen-bond donors (Lipinski definition) is 1. The van der Waals surface area contributed by atoms with Crippen LogP contribution in [0.2, 0.25) is 0 Å². The van der Waals surface area contributed by atoms with Crippen molar-refractivity contribution in [3.05, 3.63) is 27.7 Å². The first-order valence-corrected chi connectivity index (χ1v) is 8.21. The molecule has 0 saturated heterocycles. The molecule has 1 unspecified atom stereocenters. The standard InChI is InChI=1S/C16H24BrNO/c1-3-8-18-15(4-2)6-5-12-10-14(17)11-13-7-9-19-16(12)13/h10-11,15,18H,3-9H2,1-2H3. The van der Waals surface area contributed by atoms with Gasteiger partial charge in [0, 0.05) is 16.9 Å². The Labute approximate surface area is 125 Å². The van der Waals surface area contributed by atoms with Gasteiger partial charge in [0.15, 0.2) is 0 Å². The molecule has 0 aliphatic carbocycles. The maximum absolute atomic E-state index is 5.79. The molecule has 0 bridgehead atoms. The van der Waals surface area contributed by atoms with E-state index in [1.54, 1.807) is 0 Å². The summed E-state index contributed by atoms with van der Waals surface area (Å²) in [4.78, 5) is 0. The molecule has 1 aromatic carbocycles. The van der Waals surface area contributed by atoms with Gasteiger partial charge in [-0.05, 0) is 55.5 Å². The lowest BCUT2D eigenvalue weighted by Crippen LogP contribution is -2.29. The maximum Gasteiger partial charge on any atom is 0.125 e. The fourth-order valence-corrected chi connectivity index (χ4v) is 3.21. The molecule has 0 amide bonds. The van der Waals surface area contributed by atoms with E-state index in [0.29, 0.717) is 6.04 Å². The summed E-state index contributed by atoms with van der Waals surface area (Å²) in [6.45, 7) is 6.43. The third-order valence-corrected chi connectivity index (χ3v) is 4.22. The van der Waals surface area contributed by atoms with Crippen molar-refractivity contribution in [2.75, 3.05) is 13.2 Å². The zero-order valence-corrected chi connectivity index (χ0v) is 13.6. The van der Waals surface area contributed by atoms with Crippen LogP contribution in [0.4, 0.5) is 0 Å². The highest BCUT2D eigenvalue weighted by Gasteiger charge is 2.18. The smallest absolute Gasteiger partial charge is 0.125 e. The molecule has 2 rings (SSSR count). The van der Waals surface area contributed by atoms with Crippen LogP contribution in [0.15, 0.2) is 16.6 Å². The number of halogens is 1. The zero-order chi connectivity index (χ0) is 13.7. The quantitative estimate of drug-likeness (QED) is 0.815. The summed E-state index contributed by atoms with van der Waals surface area (Å²) in [6, 6.07) is 5.03. The van der Waals surface area contributed by atoms with Gasteiger partial charge in [0.05, 0.1) is 6.61 Å². The van der Waals surface area contributed by atoms with Gasteiger partial charge < -0.3 is 10.1 Å². The normalized spacial score (nSPS) is 15.1. The predicted molar refractivity (Wildman–Crippen MR) is 84.0 cm³/mol. The van der Waals surface area contributed by atoms with Crippen molar-refractivity contribution in [2.45, 2.75) is 52.0 Å². The summed E-state index contributed by atoms with van der Waals surface area (Å²) >= 11 is 3.61. The summed E-state index contributed by atoms with van der Waals surface area (Å²) in [5, 5.41) is 3.62. The van der Waals surface area contributed by atoms with E-state index in [-0.39, 0.29) is 0 Å². The highest BCUT2D eigenvalue weighted by atomic mass is 79.9. The van der Waals surface area contributed by atoms with E-state index in [0.717, 1.165) is 31.7 Å². The molecule has 1 heterocycles. The molecule has 19 heavy (non-hydrogen) atoms. The molecule has 1 atom stereocenters. The van der Waals surface area contributed by atoms with Gasteiger partial charge in [-0.1, -0.05) is 29.8 Å². The lowest BCUT2D eigenvalue weighted by atomic mass is 10.0. The third kappa shape index (κ3) is 3.96.